The number of rotatable bonds is 5. The monoisotopic (exact) mass is 297 g/mol. The number of hydrogen-bond acceptors (Lipinski definition) is 4. The number of aryl methyl sites for hydroxylation is 1. The highest BCUT2D eigenvalue weighted by Crippen LogP contribution is 2.36. The van der Waals surface area contributed by atoms with Gasteiger partial charge in [0.05, 0.1) is 18.1 Å². The molecule has 0 heterocycles. The van der Waals surface area contributed by atoms with Gasteiger partial charge in [-0.2, -0.15) is 0 Å². The summed E-state index contributed by atoms with van der Waals surface area (Å²) >= 11 is 0. The van der Waals surface area contributed by atoms with E-state index < -0.39 is 9.84 Å². The second-order valence-electron chi connectivity index (χ2n) is 5.28. The Kier molecular flexibility index (Phi) is 4.70. The zero-order valence-electron chi connectivity index (χ0n) is 12.3. The minimum absolute atomic E-state index is 0.148. The Morgan fingerprint density at radius 3 is 2.75 bits per heavy atom. The summed E-state index contributed by atoms with van der Waals surface area (Å²) in [5.41, 5.74) is 2.27. The molecular weight excluding hydrogens is 274 g/mol. The average Bonchev–Trinajstić information content (AvgIpc) is 2.45. The van der Waals surface area contributed by atoms with Crippen molar-refractivity contribution in [2.75, 3.05) is 19.9 Å². The lowest BCUT2D eigenvalue weighted by Crippen LogP contribution is -2.40. The van der Waals surface area contributed by atoms with Gasteiger partial charge in [0.2, 0.25) is 0 Å². The smallest absolute Gasteiger partial charge is 0.155 e. The van der Waals surface area contributed by atoms with Gasteiger partial charge in [-0.05, 0) is 49.6 Å². The summed E-state index contributed by atoms with van der Waals surface area (Å²) in [5.74, 6) is 1.03. The first-order chi connectivity index (χ1) is 9.53. The number of nitrogens with one attached hydrogen (secondary N) is 1. The third kappa shape index (κ3) is 2.83. The van der Waals surface area contributed by atoms with Crippen molar-refractivity contribution in [1.82, 2.24) is 5.32 Å². The summed E-state index contributed by atoms with van der Waals surface area (Å²) in [6.45, 7) is 1.91. The van der Waals surface area contributed by atoms with Crippen LogP contribution in [0, 0.1) is 0 Å². The summed E-state index contributed by atoms with van der Waals surface area (Å²) in [4.78, 5) is 0. The highest BCUT2D eigenvalue weighted by molar-refractivity contribution is 7.92. The van der Waals surface area contributed by atoms with Crippen LogP contribution in [-0.4, -0.2) is 33.6 Å². The summed E-state index contributed by atoms with van der Waals surface area (Å²) in [7, 11) is 0.396. The van der Waals surface area contributed by atoms with Crippen LogP contribution in [0.4, 0.5) is 0 Å². The maximum Gasteiger partial charge on any atom is 0.155 e. The Morgan fingerprint density at radius 2 is 2.15 bits per heavy atom. The fourth-order valence-electron chi connectivity index (χ4n) is 3.05. The Balaban J connectivity index is 2.41. The number of hydrogen-bond donors (Lipinski definition) is 1. The third-order valence-electron chi connectivity index (χ3n) is 4.02. The molecule has 0 aromatic heterocycles. The number of sulfone groups is 1. The molecule has 2 atom stereocenters. The maximum absolute atomic E-state index is 12.4. The van der Waals surface area contributed by atoms with Crippen LogP contribution in [0.1, 0.15) is 36.9 Å². The van der Waals surface area contributed by atoms with Gasteiger partial charge in [-0.3, -0.25) is 0 Å². The fraction of sp³-hybridized carbons (Fsp3) is 0.600. The normalized spacial score (nSPS) is 22.4. The largest absolute Gasteiger partial charge is 0.497 e. The van der Waals surface area contributed by atoms with Crippen LogP contribution >= 0.6 is 0 Å². The number of ether oxygens (including phenoxy) is 1. The molecule has 20 heavy (non-hydrogen) atoms. The summed E-state index contributed by atoms with van der Waals surface area (Å²) in [5, 5.41) is 2.85. The Morgan fingerprint density at radius 1 is 1.40 bits per heavy atom. The molecule has 1 aliphatic rings. The van der Waals surface area contributed by atoms with E-state index in [1.807, 2.05) is 32.2 Å². The lowest BCUT2D eigenvalue weighted by Gasteiger charge is -2.33. The van der Waals surface area contributed by atoms with Gasteiger partial charge in [0.25, 0.3) is 0 Å². The SMILES string of the molecule is CCCS(=O)(=O)C1CCc2ccc(OC)cc2C1NC. The van der Waals surface area contributed by atoms with Crippen molar-refractivity contribution >= 4 is 9.84 Å². The van der Waals surface area contributed by atoms with Gasteiger partial charge in [0, 0.05) is 6.04 Å². The highest BCUT2D eigenvalue weighted by atomic mass is 32.2. The second kappa shape index (κ2) is 6.14. The van der Waals surface area contributed by atoms with E-state index >= 15 is 0 Å². The Hall–Kier alpha value is -1.07. The Bertz CT molecular complexity index is 568. The lowest BCUT2D eigenvalue weighted by molar-refractivity contribution is 0.410. The van der Waals surface area contributed by atoms with Gasteiger partial charge in [-0.1, -0.05) is 13.0 Å². The first-order valence-corrected chi connectivity index (χ1v) is 8.80. The predicted molar refractivity (Wildman–Crippen MR) is 81.0 cm³/mol. The van der Waals surface area contributed by atoms with Gasteiger partial charge in [-0.15, -0.1) is 0 Å². The topological polar surface area (TPSA) is 55.4 Å². The van der Waals surface area contributed by atoms with Gasteiger partial charge in [0.1, 0.15) is 5.75 Å². The summed E-state index contributed by atoms with van der Waals surface area (Å²) in [6.07, 6.45) is 2.17. The third-order valence-corrected chi connectivity index (χ3v) is 6.43. The minimum atomic E-state index is -3.06. The van der Waals surface area contributed by atoms with Gasteiger partial charge in [-0.25, -0.2) is 8.42 Å². The molecule has 1 aromatic rings. The molecule has 0 saturated heterocycles. The van der Waals surface area contributed by atoms with Gasteiger partial charge >= 0.3 is 0 Å². The molecule has 5 heteroatoms. The Labute approximate surface area is 121 Å². The van der Waals surface area contributed by atoms with Crippen molar-refractivity contribution in [1.29, 1.82) is 0 Å². The van der Waals surface area contributed by atoms with Crippen LogP contribution in [0.3, 0.4) is 0 Å². The van der Waals surface area contributed by atoms with E-state index in [-0.39, 0.29) is 17.0 Å². The molecule has 0 spiro atoms. The van der Waals surface area contributed by atoms with E-state index in [2.05, 4.69) is 5.32 Å². The summed E-state index contributed by atoms with van der Waals surface area (Å²) < 4.78 is 30.2. The predicted octanol–water partition coefficient (Wildman–Crippen LogP) is 2.10. The van der Waals surface area contributed by atoms with Crippen LogP contribution in [0.2, 0.25) is 0 Å². The van der Waals surface area contributed by atoms with E-state index in [0.29, 0.717) is 12.8 Å². The summed E-state index contributed by atoms with van der Waals surface area (Å²) in [6, 6.07) is 5.79. The molecule has 1 aromatic carbocycles. The fourth-order valence-corrected chi connectivity index (χ4v) is 5.09. The van der Waals surface area contributed by atoms with Crippen molar-refractivity contribution in [3.8, 4) is 5.75 Å². The zero-order valence-corrected chi connectivity index (χ0v) is 13.2. The van der Waals surface area contributed by atoms with Crippen LogP contribution in [0.5, 0.6) is 5.75 Å². The van der Waals surface area contributed by atoms with Gasteiger partial charge < -0.3 is 10.1 Å². The van der Waals surface area contributed by atoms with Crippen molar-refractivity contribution in [3.63, 3.8) is 0 Å². The molecule has 1 N–H and O–H groups in total. The van der Waals surface area contributed by atoms with Crippen LogP contribution in [0.25, 0.3) is 0 Å². The molecule has 0 fully saturated rings. The molecule has 2 unspecified atom stereocenters. The van der Waals surface area contributed by atoms with E-state index in [4.69, 9.17) is 4.74 Å². The van der Waals surface area contributed by atoms with Crippen molar-refractivity contribution in [2.45, 2.75) is 37.5 Å². The average molecular weight is 297 g/mol. The molecule has 112 valence electrons. The zero-order chi connectivity index (χ0) is 14.8. The molecule has 0 amide bonds. The number of fused-ring (bicyclic) bond motifs is 1. The van der Waals surface area contributed by atoms with Crippen molar-refractivity contribution in [2.24, 2.45) is 0 Å². The molecule has 4 nitrogen and oxygen atoms in total. The van der Waals surface area contributed by atoms with E-state index in [9.17, 15) is 8.42 Å². The van der Waals surface area contributed by atoms with Crippen molar-refractivity contribution in [3.05, 3.63) is 29.3 Å². The standard InChI is InChI=1S/C15H23NO3S/c1-4-9-20(17,18)14-8-6-11-5-7-12(19-3)10-13(11)15(14)16-2/h5,7,10,14-16H,4,6,8-9H2,1-3H3. The molecule has 0 saturated carbocycles. The molecule has 0 radical (unpaired) electrons. The van der Waals surface area contributed by atoms with Crippen LogP contribution < -0.4 is 10.1 Å². The quantitative estimate of drug-likeness (QED) is 0.904. The molecule has 0 bridgehead atoms. The van der Waals surface area contributed by atoms with Crippen molar-refractivity contribution < 1.29 is 13.2 Å². The van der Waals surface area contributed by atoms with Crippen LogP contribution in [-0.2, 0) is 16.3 Å². The molecule has 2 rings (SSSR count). The number of benzene rings is 1. The van der Waals surface area contributed by atoms with E-state index in [1.54, 1.807) is 7.11 Å². The van der Waals surface area contributed by atoms with Gasteiger partial charge in [0.15, 0.2) is 9.84 Å². The minimum Gasteiger partial charge on any atom is -0.497 e. The van der Waals surface area contributed by atoms with E-state index in [0.717, 1.165) is 17.7 Å². The second-order valence-corrected chi connectivity index (χ2v) is 7.61. The highest BCUT2D eigenvalue weighted by Gasteiger charge is 2.37. The van der Waals surface area contributed by atoms with E-state index in [1.165, 1.54) is 5.56 Å². The molecular formula is C15H23NO3S. The first kappa shape index (κ1) is 15.3. The first-order valence-electron chi connectivity index (χ1n) is 7.09. The van der Waals surface area contributed by atoms with Crippen LogP contribution in [0.15, 0.2) is 18.2 Å². The lowest BCUT2D eigenvalue weighted by atomic mass is 9.87. The number of methoxy groups -OCH3 is 1. The maximum atomic E-state index is 12.4. The molecule has 0 aliphatic heterocycles. The molecule has 1 aliphatic carbocycles.